The fourth-order valence-electron chi connectivity index (χ4n) is 1.52. The lowest BCUT2D eigenvalue weighted by molar-refractivity contribution is -0.150. The Morgan fingerprint density at radius 1 is 1.36 bits per heavy atom. The van der Waals surface area contributed by atoms with E-state index < -0.39 is 5.79 Å². The highest BCUT2D eigenvalue weighted by Crippen LogP contribution is 2.35. The van der Waals surface area contributed by atoms with Crippen LogP contribution in [0.3, 0.4) is 0 Å². The van der Waals surface area contributed by atoms with Gasteiger partial charge in [-0.3, -0.25) is 0 Å². The van der Waals surface area contributed by atoms with E-state index in [9.17, 15) is 4.39 Å². The summed E-state index contributed by atoms with van der Waals surface area (Å²) >= 11 is 3.35. The van der Waals surface area contributed by atoms with Gasteiger partial charge in [-0.2, -0.15) is 0 Å². The highest BCUT2D eigenvalue weighted by atomic mass is 79.9. The third-order valence-corrected chi connectivity index (χ3v) is 2.95. The Morgan fingerprint density at radius 3 is 2.64 bits per heavy atom. The monoisotopic (exact) mass is 260 g/mol. The minimum atomic E-state index is -0.819. The summed E-state index contributed by atoms with van der Waals surface area (Å²) in [6.45, 7) is 2.87. The topological polar surface area (TPSA) is 18.5 Å². The zero-order valence-corrected chi connectivity index (χ0v) is 9.30. The highest BCUT2D eigenvalue weighted by Gasteiger charge is 2.35. The maximum Gasteiger partial charge on any atom is 0.193 e. The van der Waals surface area contributed by atoms with E-state index in [1.165, 1.54) is 12.1 Å². The molecule has 2 rings (SSSR count). The van der Waals surface area contributed by atoms with Crippen LogP contribution in [0.25, 0.3) is 0 Å². The molecular weight excluding hydrogens is 251 g/mol. The highest BCUT2D eigenvalue weighted by molar-refractivity contribution is 9.10. The summed E-state index contributed by atoms with van der Waals surface area (Å²) in [6, 6.07) is 4.47. The molecule has 0 bridgehead atoms. The number of halogens is 2. The molecule has 0 N–H and O–H groups in total. The first-order valence-corrected chi connectivity index (χ1v) is 5.14. The first kappa shape index (κ1) is 10.1. The van der Waals surface area contributed by atoms with Crippen molar-refractivity contribution in [2.45, 2.75) is 12.7 Å². The maximum absolute atomic E-state index is 13.0. The molecule has 76 valence electrons. The normalized spacial score (nSPS) is 19.9. The van der Waals surface area contributed by atoms with Crippen molar-refractivity contribution in [2.24, 2.45) is 0 Å². The van der Waals surface area contributed by atoms with Gasteiger partial charge in [0.15, 0.2) is 5.79 Å². The molecule has 2 nitrogen and oxygen atoms in total. The summed E-state index contributed by atoms with van der Waals surface area (Å²) in [6.07, 6.45) is 0. The van der Waals surface area contributed by atoms with Gasteiger partial charge in [-0.05, 0) is 25.1 Å². The second-order valence-electron chi connectivity index (χ2n) is 3.27. The van der Waals surface area contributed by atoms with Crippen molar-refractivity contribution in [1.29, 1.82) is 0 Å². The average molecular weight is 261 g/mol. The van der Waals surface area contributed by atoms with Gasteiger partial charge in [0, 0.05) is 10.0 Å². The van der Waals surface area contributed by atoms with Crippen LogP contribution in [-0.2, 0) is 15.3 Å². The van der Waals surface area contributed by atoms with Crippen LogP contribution in [0.4, 0.5) is 4.39 Å². The molecule has 0 radical (unpaired) electrons. The van der Waals surface area contributed by atoms with Gasteiger partial charge in [-0.25, -0.2) is 4.39 Å². The molecule has 0 saturated carbocycles. The van der Waals surface area contributed by atoms with Crippen LogP contribution in [-0.4, -0.2) is 13.2 Å². The molecule has 0 aliphatic carbocycles. The minimum Gasteiger partial charge on any atom is -0.344 e. The SMILES string of the molecule is CC1(c2cc(F)ccc2Br)OCCO1. The molecule has 1 saturated heterocycles. The molecule has 0 aromatic heterocycles. The van der Waals surface area contributed by atoms with Crippen molar-refractivity contribution >= 4 is 15.9 Å². The fraction of sp³-hybridized carbons (Fsp3) is 0.400. The number of hydrogen-bond acceptors (Lipinski definition) is 2. The van der Waals surface area contributed by atoms with Crippen LogP contribution in [0.15, 0.2) is 22.7 Å². The van der Waals surface area contributed by atoms with E-state index in [1.54, 1.807) is 13.0 Å². The summed E-state index contributed by atoms with van der Waals surface area (Å²) in [5.41, 5.74) is 0.690. The molecule has 1 heterocycles. The van der Waals surface area contributed by atoms with E-state index in [0.717, 1.165) is 4.47 Å². The summed E-state index contributed by atoms with van der Waals surface area (Å²) in [5.74, 6) is -1.11. The molecular formula is C10H10BrFO2. The van der Waals surface area contributed by atoms with Crippen LogP contribution in [0.2, 0.25) is 0 Å². The van der Waals surface area contributed by atoms with Crippen LogP contribution in [0.5, 0.6) is 0 Å². The van der Waals surface area contributed by atoms with Crippen LogP contribution < -0.4 is 0 Å². The lowest BCUT2D eigenvalue weighted by Crippen LogP contribution is -2.23. The molecule has 0 amide bonds. The van der Waals surface area contributed by atoms with E-state index >= 15 is 0 Å². The zero-order valence-electron chi connectivity index (χ0n) is 7.72. The standard InChI is InChI=1S/C10H10BrFO2/c1-10(13-4-5-14-10)8-6-7(12)2-3-9(8)11/h2-3,6H,4-5H2,1H3. The van der Waals surface area contributed by atoms with Gasteiger partial charge in [0.05, 0.1) is 13.2 Å². The van der Waals surface area contributed by atoms with Crippen molar-refractivity contribution in [1.82, 2.24) is 0 Å². The Morgan fingerprint density at radius 2 is 2.00 bits per heavy atom. The van der Waals surface area contributed by atoms with E-state index in [0.29, 0.717) is 18.8 Å². The Labute approximate surface area is 90.1 Å². The quantitative estimate of drug-likeness (QED) is 0.773. The number of ether oxygens (including phenoxy) is 2. The molecule has 1 fully saturated rings. The zero-order chi connectivity index (χ0) is 10.2. The van der Waals surface area contributed by atoms with Crippen LogP contribution in [0.1, 0.15) is 12.5 Å². The van der Waals surface area contributed by atoms with Gasteiger partial charge < -0.3 is 9.47 Å². The molecule has 1 aromatic carbocycles. The lowest BCUT2D eigenvalue weighted by atomic mass is 10.1. The molecule has 0 spiro atoms. The van der Waals surface area contributed by atoms with Crippen LogP contribution >= 0.6 is 15.9 Å². The summed E-state index contributed by atoms with van der Waals surface area (Å²) in [5, 5.41) is 0. The predicted octanol–water partition coefficient (Wildman–Crippen LogP) is 2.81. The van der Waals surface area contributed by atoms with E-state index in [4.69, 9.17) is 9.47 Å². The average Bonchev–Trinajstić information content (AvgIpc) is 2.58. The summed E-state index contributed by atoms with van der Waals surface area (Å²) in [7, 11) is 0. The van der Waals surface area contributed by atoms with Crippen molar-refractivity contribution in [2.75, 3.05) is 13.2 Å². The molecule has 4 heteroatoms. The number of rotatable bonds is 1. The van der Waals surface area contributed by atoms with Gasteiger partial charge >= 0.3 is 0 Å². The van der Waals surface area contributed by atoms with Gasteiger partial charge in [-0.1, -0.05) is 15.9 Å². The second-order valence-corrected chi connectivity index (χ2v) is 4.12. The van der Waals surface area contributed by atoms with Crippen molar-refractivity contribution in [3.8, 4) is 0 Å². The molecule has 1 aliphatic heterocycles. The van der Waals surface area contributed by atoms with Gasteiger partial charge in [0.1, 0.15) is 5.82 Å². The van der Waals surface area contributed by atoms with Crippen LogP contribution in [0, 0.1) is 5.82 Å². The summed E-state index contributed by atoms with van der Waals surface area (Å²) < 4.78 is 24.7. The molecule has 14 heavy (non-hydrogen) atoms. The predicted molar refractivity (Wildman–Crippen MR) is 53.4 cm³/mol. The van der Waals surface area contributed by atoms with Gasteiger partial charge in [0.25, 0.3) is 0 Å². The molecule has 1 aromatic rings. The number of hydrogen-bond donors (Lipinski definition) is 0. The van der Waals surface area contributed by atoms with E-state index in [-0.39, 0.29) is 5.82 Å². The van der Waals surface area contributed by atoms with Crippen molar-refractivity contribution in [3.05, 3.63) is 34.1 Å². The smallest absolute Gasteiger partial charge is 0.193 e. The minimum absolute atomic E-state index is 0.288. The first-order chi connectivity index (χ1) is 6.62. The second kappa shape index (κ2) is 3.61. The molecule has 0 unspecified atom stereocenters. The fourth-order valence-corrected chi connectivity index (χ4v) is 2.12. The first-order valence-electron chi connectivity index (χ1n) is 4.35. The van der Waals surface area contributed by atoms with Gasteiger partial charge in [-0.15, -0.1) is 0 Å². The Hall–Kier alpha value is -0.450. The number of benzene rings is 1. The van der Waals surface area contributed by atoms with E-state index in [2.05, 4.69) is 15.9 Å². The maximum atomic E-state index is 13.0. The summed E-state index contributed by atoms with van der Waals surface area (Å²) in [4.78, 5) is 0. The van der Waals surface area contributed by atoms with Crippen molar-refractivity contribution < 1.29 is 13.9 Å². The molecule has 1 aliphatic rings. The van der Waals surface area contributed by atoms with Crippen molar-refractivity contribution in [3.63, 3.8) is 0 Å². The third kappa shape index (κ3) is 1.69. The Bertz CT molecular complexity index is 348. The Kier molecular flexibility index (Phi) is 2.60. The van der Waals surface area contributed by atoms with E-state index in [1.807, 2.05) is 0 Å². The third-order valence-electron chi connectivity index (χ3n) is 2.26. The Balaban J connectivity index is 2.44. The lowest BCUT2D eigenvalue weighted by Gasteiger charge is -2.23. The largest absolute Gasteiger partial charge is 0.344 e. The molecule has 0 atom stereocenters. The van der Waals surface area contributed by atoms with Gasteiger partial charge in [0.2, 0.25) is 0 Å².